The van der Waals surface area contributed by atoms with E-state index in [9.17, 15) is 0 Å². The van der Waals surface area contributed by atoms with Crippen molar-refractivity contribution in [2.24, 2.45) is 0 Å². The van der Waals surface area contributed by atoms with Crippen LogP contribution in [0.2, 0.25) is 0 Å². The molecule has 1 aliphatic heterocycles. The molecule has 4 heteroatoms. The highest BCUT2D eigenvalue weighted by Crippen LogP contribution is 2.51. The number of aromatic nitrogens is 3. The smallest absolute Gasteiger partial charge is 0.164 e. The third kappa shape index (κ3) is 4.51. The molecule has 0 atom stereocenters. The molecule has 0 spiro atoms. The van der Waals surface area contributed by atoms with Crippen molar-refractivity contribution in [1.29, 1.82) is 0 Å². The minimum Gasteiger partial charge on any atom is -0.482 e. The molecule has 0 fully saturated rings. The molecule has 2 heterocycles. The van der Waals surface area contributed by atoms with E-state index in [1.165, 1.54) is 22.1 Å². The first-order chi connectivity index (χ1) is 21.5. The molecule has 5 aromatic carbocycles. The molecule has 0 bridgehead atoms. The van der Waals surface area contributed by atoms with E-state index >= 15 is 0 Å². The van der Waals surface area contributed by atoms with Gasteiger partial charge in [0.25, 0.3) is 0 Å². The maximum atomic E-state index is 6.70. The highest BCUT2D eigenvalue weighted by Gasteiger charge is 2.34. The molecule has 0 radical (unpaired) electrons. The SMILES string of the molecule is CC1(C)Oc2cc3ccccc3c(-c3ccc(-c4nc(C5=CCCC=C5)nc(-c5ccccc5)n4)cc3)c2-c2ccccc21. The second-order valence-electron chi connectivity index (χ2n) is 11.9. The van der Waals surface area contributed by atoms with Gasteiger partial charge in [-0.15, -0.1) is 0 Å². The molecule has 0 amide bonds. The second kappa shape index (κ2) is 10.4. The number of hydrogen-bond donors (Lipinski definition) is 0. The van der Waals surface area contributed by atoms with Crippen LogP contribution in [0.4, 0.5) is 0 Å². The lowest BCUT2D eigenvalue weighted by molar-refractivity contribution is 0.106. The standard InChI is InChI=1S/C40H31N3O/c1-40(2)33-20-12-11-19-32(33)36-34(44-40)25-30-17-9-10-18-31(30)35(36)26-21-23-29(24-22-26)39-42-37(27-13-5-3-6-14-27)41-38(43-39)28-15-7-4-8-16-28/h3,5-7,9-25H,4,8H2,1-2H3. The highest BCUT2D eigenvalue weighted by atomic mass is 16.5. The summed E-state index contributed by atoms with van der Waals surface area (Å²) in [6.45, 7) is 4.29. The van der Waals surface area contributed by atoms with Crippen molar-refractivity contribution in [3.05, 3.63) is 139 Å². The maximum Gasteiger partial charge on any atom is 0.164 e. The topological polar surface area (TPSA) is 47.9 Å². The van der Waals surface area contributed by atoms with Gasteiger partial charge >= 0.3 is 0 Å². The van der Waals surface area contributed by atoms with Gasteiger partial charge in [0.05, 0.1) is 0 Å². The average Bonchev–Trinajstić information content (AvgIpc) is 3.08. The first kappa shape index (κ1) is 26.3. The molecule has 212 valence electrons. The Morgan fingerprint density at radius 1 is 0.614 bits per heavy atom. The average molecular weight is 570 g/mol. The second-order valence-corrected chi connectivity index (χ2v) is 11.9. The van der Waals surface area contributed by atoms with Crippen LogP contribution in [-0.4, -0.2) is 15.0 Å². The Balaban J connectivity index is 1.29. The van der Waals surface area contributed by atoms with E-state index in [1.54, 1.807) is 0 Å². The molecule has 6 aromatic rings. The van der Waals surface area contributed by atoms with Crippen LogP contribution >= 0.6 is 0 Å². The summed E-state index contributed by atoms with van der Waals surface area (Å²) < 4.78 is 6.70. The van der Waals surface area contributed by atoms with Gasteiger partial charge < -0.3 is 4.74 Å². The van der Waals surface area contributed by atoms with Gasteiger partial charge in [0.1, 0.15) is 11.4 Å². The Bertz CT molecular complexity index is 2110. The summed E-state index contributed by atoms with van der Waals surface area (Å²) in [5.74, 6) is 2.95. The molecular formula is C40H31N3O. The van der Waals surface area contributed by atoms with Gasteiger partial charge in [-0.25, -0.2) is 15.0 Å². The summed E-state index contributed by atoms with van der Waals surface area (Å²) in [7, 11) is 0. The Kier molecular flexibility index (Phi) is 6.23. The predicted octanol–water partition coefficient (Wildman–Crippen LogP) is 10.1. The molecule has 8 rings (SSSR count). The van der Waals surface area contributed by atoms with E-state index in [0.717, 1.165) is 51.8 Å². The molecule has 1 aromatic heterocycles. The highest BCUT2D eigenvalue weighted by molar-refractivity contribution is 6.07. The van der Waals surface area contributed by atoms with Gasteiger partial charge in [0, 0.05) is 33.4 Å². The zero-order valence-electron chi connectivity index (χ0n) is 24.8. The molecule has 1 aliphatic carbocycles. The first-order valence-corrected chi connectivity index (χ1v) is 15.2. The number of ether oxygens (including phenoxy) is 1. The molecule has 0 N–H and O–H groups in total. The summed E-state index contributed by atoms with van der Waals surface area (Å²) >= 11 is 0. The lowest BCUT2D eigenvalue weighted by Gasteiger charge is -2.36. The molecule has 4 nitrogen and oxygen atoms in total. The van der Waals surface area contributed by atoms with Crippen molar-refractivity contribution in [2.45, 2.75) is 32.3 Å². The number of benzene rings is 5. The molecule has 44 heavy (non-hydrogen) atoms. The van der Waals surface area contributed by atoms with Gasteiger partial charge in [-0.05, 0) is 54.7 Å². The van der Waals surface area contributed by atoms with E-state index in [2.05, 4.69) is 111 Å². The maximum absolute atomic E-state index is 6.70. The van der Waals surface area contributed by atoms with Gasteiger partial charge in [0.2, 0.25) is 0 Å². The van der Waals surface area contributed by atoms with Gasteiger partial charge in [-0.2, -0.15) is 0 Å². The third-order valence-electron chi connectivity index (χ3n) is 8.58. The Hall–Kier alpha value is -5.35. The van der Waals surface area contributed by atoms with Gasteiger partial charge in [-0.1, -0.05) is 121 Å². The lowest BCUT2D eigenvalue weighted by Crippen LogP contribution is -2.29. The van der Waals surface area contributed by atoms with Crippen molar-refractivity contribution in [1.82, 2.24) is 15.0 Å². The Labute approximate surface area is 257 Å². The van der Waals surface area contributed by atoms with Crippen LogP contribution in [-0.2, 0) is 5.60 Å². The fourth-order valence-corrected chi connectivity index (χ4v) is 6.44. The van der Waals surface area contributed by atoms with Crippen molar-refractivity contribution in [3.8, 4) is 50.8 Å². The van der Waals surface area contributed by atoms with Crippen molar-refractivity contribution in [3.63, 3.8) is 0 Å². The fraction of sp³-hybridized carbons (Fsp3) is 0.125. The summed E-state index contributed by atoms with van der Waals surface area (Å²) in [4.78, 5) is 14.8. The Morgan fingerprint density at radius 3 is 2.05 bits per heavy atom. The number of rotatable bonds is 4. The predicted molar refractivity (Wildman–Crippen MR) is 179 cm³/mol. The Morgan fingerprint density at radius 2 is 1.27 bits per heavy atom. The first-order valence-electron chi connectivity index (χ1n) is 15.2. The third-order valence-corrected chi connectivity index (χ3v) is 8.58. The van der Waals surface area contributed by atoms with Crippen LogP contribution in [0.5, 0.6) is 5.75 Å². The van der Waals surface area contributed by atoms with E-state index in [0.29, 0.717) is 17.5 Å². The number of nitrogens with zero attached hydrogens (tertiary/aromatic N) is 3. The molecule has 0 unspecified atom stereocenters. The fourth-order valence-electron chi connectivity index (χ4n) is 6.44. The van der Waals surface area contributed by atoms with Crippen molar-refractivity contribution in [2.75, 3.05) is 0 Å². The minimum absolute atomic E-state index is 0.428. The summed E-state index contributed by atoms with van der Waals surface area (Å²) in [6.07, 6.45) is 8.54. The quantitative estimate of drug-likeness (QED) is 0.212. The van der Waals surface area contributed by atoms with E-state index in [4.69, 9.17) is 19.7 Å². The number of fused-ring (bicyclic) bond motifs is 4. The van der Waals surface area contributed by atoms with E-state index in [-0.39, 0.29) is 0 Å². The number of allylic oxidation sites excluding steroid dienone is 4. The summed E-state index contributed by atoms with van der Waals surface area (Å²) in [5, 5.41) is 2.35. The largest absolute Gasteiger partial charge is 0.482 e. The molecular weight excluding hydrogens is 538 g/mol. The molecule has 0 saturated carbocycles. The van der Waals surface area contributed by atoms with Gasteiger partial charge in [0.15, 0.2) is 17.5 Å². The van der Waals surface area contributed by atoms with Crippen LogP contribution in [0.25, 0.3) is 61.4 Å². The molecule has 2 aliphatic rings. The normalized spacial score (nSPS) is 14.8. The van der Waals surface area contributed by atoms with Gasteiger partial charge in [-0.3, -0.25) is 0 Å². The molecule has 0 saturated heterocycles. The monoisotopic (exact) mass is 569 g/mol. The van der Waals surface area contributed by atoms with E-state index < -0.39 is 5.60 Å². The van der Waals surface area contributed by atoms with E-state index in [1.807, 2.05) is 30.3 Å². The van der Waals surface area contributed by atoms with Crippen molar-refractivity contribution < 1.29 is 4.74 Å². The van der Waals surface area contributed by atoms with Crippen LogP contribution in [0.1, 0.15) is 38.1 Å². The van der Waals surface area contributed by atoms with Crippen LogP contribution in [0, 0.1) is 0 Å². The minimum atomic E-state index is -0.428. The van der Waals surface area contributed by atoms with Crippen molar-refractivity contribution >= 4 is 16.3 Å². The summed E-state index contributed by atoms with van der Waals surface area (Å²) in [6, 6.07) is 38.1. The van der Waals surface area contributed by atoms with Crippen LogP contribution in [0.3, 0.4) is 0 Å². The summed E-state index contributed by atoms with van der Waals surface area (Å²) in [5.41, 5.74) is 8.36. The van der Waals surface area contributed by atoms with Crippen LogP contribution in [0.15, 0.2) is 127 Å². The zero-order valence-corrected chi connectivity index (χ0v) is 24.8. The lowest BCUT2D eigenvalue weighted by atomic mass is 9.81. The van der Waals surface area contributed by atoms with Crippen LogP contribution < -0.4 is 4.74 Å². The number of hydrogen-bond acceptors (Lipinski definition) is 4. The zero-order chi connectivity index (χ0) is 29.7.